The predicted octanol–water partition coefficient (Wildman–Crippen LogP) is -0.276. The summed E-state index contributed by atoms with van der Waals surface area (Å²) in [6.07, 6.45) is 0.0312. The van der Waals surface area contributed by atoms with E-state index in [4.69, 9.17) is 0 Å². The van der Waals surface area contributed by atoms with Crippen LogP contribution in [0.3, 0.4) is 0 Å². The molecule has 1 rings (SSSR count). The number of carbonyl (C=O) groups excluding carboxylic acids is 3. The molecule has 122 valence electrons. The molecule has 0 radical (unpaired) electrons. The van der Waals surface area contributed by atoms with Gasteiger partial charge in [-0.25, -0.2) is 4.79 Å². The van der Waals surface area contributed by atoms with Gasteiger partial charge >= 0.3 is 11.9 Å². The van der Waals surface area contributed by atoms with E-state index < -0.39 is 18.0 Å². The summed E-state index contributed by atoms with van der Waals surface area (Å²) in [5.74, 6) is 0.365. The molecule has 21 heavy (non-hydrogen) atoms. The second kappa shape index (κ2) is 10.7. The largest absolute Gasteiger partial charge is 0.469 e. The summed E-state index contributed by atoms with van der Waals surface area (Å²) in [7, 11) is 2.43. The maximum Gasteiger partial charge on any atom is 0.328 e. The van der Waals surface area contributed by atoms with E-state index in [-0.39, 0.29) is 37.2 Å². The highest BCUT2D eigenvalue weighted by atomic mass is 35.5. The molecule has 1 amide bonds. The van der Waals surface area contributed by atoms with Crippen LogP contribution in [0.5, 0.6) is 0 Å². The van der Waals surface area contributed by atoms with Gasteiger partial charge in [-0.2, -0.15) is 11.8 Å². The lowest BCUT2D eigenvalue weighted by molar-refractivity contribution is -0.150. The Morgan fingerprint density at radius 3 is 2.57 bits per heavy atom. The van der Waals surface area contributed by atoms with E-state index >= 15 is 0 Å². The fourth-order valence-corrected chi connectivity index (χ4v) is 2.76. The molecule has 0 aromatic heterocycles. The topological polar surface area (TPSA) is 93.7 Å². The van der Waals surface area contributed by atoms with Gasteiger partial charge in [0.2, 0.25) is 5.91 Å². The van der Waals surface area contributed by atoms with Crippen LogP contribution < -0.4 is 10.6 Å². The molecule has 0 aromatic rings. The molecular formula is C12H21ClN2O5S. The van der Waals surface area contributed by atoms with Crippen molar-refractivity contribution in [2.24, 2.45) is 0 Å². The summed E-state index contributed by atoms with van der Waals surface area (Å²) in [5.41, 5.74) is 0. The molecule has 2 atom stereocenters. The van der Waals surface area contributed by atoms with Gasteiger partial charge in [0, 0.05) is 30.5 Å². The molecule has 1 aliphatic rings. The van der Waals surface area contributed by atoms with Crippen molar-refractivity contribution in [2.75, 3.05) is 32.3 Å². The van der Waals surface area contributed by atoms with Gasteiger partial charge in [-0.1, -0.05) is 0 Å². The number of thioether (sulfide) groups is 1. The first kappa shape index (κ1) is 20.0. The van der Waals surface area contributed by atoms with Crippen LogP contribution in [0.2, 0.25) is 0 Å². The first-order chi connectivity index (χ1) is 9.56. The van der Waals surface area contributed by atoms with Gasteiger partial charge in [-0.05, 0) is 0 Å². The monoisotopic (exact) mass is 340 g/mol. The minimum Gasteiger partial charge on any atom is -0.469 e. The molecule has 0 bridgehead atoms. The molecule has 0 saturated carbocycles. The molecule has 2 N–H and O–H groups in total. The van der Waals surface area contributed by atoms with Crippen molar-refractivity contribution in [3.05, 3.63) is 0 Å². The average molecular weight is 341 g/mol. The minimum atomic E-state index is -1.00. The zero-order chi connectivity index (χ0) is 15.0. The predicted molar refractivity (Wildman–Crippen MR) is 81.6 cm³/mol. The van der Waals surface area contributed by atoms with Crippen molar-refractivity contribution < 1.29 is 23.9 Å². The van der Waals surface area contributed by atoms with Crippen LogP contribution in [-0.4, -0.2) is 62.2 Å². The highest BCUT2D eigenvalue weighted by Gasteiger charge is 2.26. The molecule has 0 aromatic carbocycles. The maximum atomic E-state index is 11.9. The Morgan fingerprint density at radius 1 is 1.33 bits per heavy atom. The molecule has 1 heterocycles. The lowest BCUT2D eigenvalue weighted by Crippen LogP contribution is -2.47. The first-order valence-electron chi connectivity index (χ1n) is 6.32. The quantitative estimate of drug-likeness (QED) is 0.642. The fourth-order valence-electron chi connectivity index (χ4n) is 1.81. The molecule has 1 fully saturated rings. The van der Waals surface area contributed by atoms with E-state index in [9.17, 15) is 14.4 Å². The highest BCUT2D eigenvalue weighted by molar-refractivity contribution is 7.99. The summed E-state index contributed by atoms with van der Waals surface area (Å²) in [4.78, 5) is 34.6. The Labute approximate surface area is 134 Å². The van der Waals surface area contributed by atoms with Crippen molar-refractivity contribution >= 4 is 42.0 Å². The Balaban J connectivity index is 0.00000400. The number of rotatable bonds is 6. The van der Waals surface area contributed by atoms with Crippen LogP contribution >= 0.6 is 24.2 Å². The molecule has 1 saturated heterocycles. The van der Waals surface area contributed by atoms with E-state index in [1.165, 1.54) is 14.2 Å². The molecule has 0 aliphatic carbocycles. The van der Waals surface area contributed by atoms with E-state index in [0.29, 0.717) is 0 Å². The SMILES string of the molecule is COC(=O)CC(NC(=O)CC1CSCCN1)C(=O)OC.Cl. The average Bonchev–Trinajstić information content (AvgIpc) is 2.46. The molecule has 7 nitrogen and oxygen atoms in total. The number of hydrogen-bond acceptors (Lipinski definition) is 7. The number of hydrogen-bond donors (Lipinski definition) is 2. The Hall–Kier alpha value is -0.990. The zero-order valence-corrected chi connectivity index (χ0v) is 13.7. The third kappa shape index (κ3) is 7.54. The van der Waals surface area contributed by atoms with Crippen LogP contribution in [-0.2, 0) is 23.9 Å². The van der Waals surface area contributed by atoms with Gasteiger partial charge in [-0.15, -0.1) is 12.4 Å². The van der Waals surface area contributed by atoms with E-state index in [2.05, 4.69) is 20.1 Å². The number of carbonyl (C=O) groups is 3. The van der Waals surface area contributed by atoms with Crippen LogP contribution in [0, 0.1) is 0 Å². The molecular weight excluding hydrogens is 320 g/mol. The second-order valence-electron chi connectivity index (χ2n) is 4.35. The van der Waals surface area contributed by atoms with Gasteiger partial charge in [-0.3, -0.25) is 9.59 Å². The standard InChI is InChI=1S/C12H20N2O5S.ClH/c1-18-11(16)6-9(12(17)19-2)14-10(15)5-8-7-20-4-3-13-8;/h8-9,13H,3-7H2,1-2H3,(H,14,15);1H. The lowest BCUT2D eigenvalue weighted by atomic mass is 10.1. The van der Waals surface area contributed by atoms with Gasteiger partial charge < -0.3 is 20.1 Å². The lowest BCUT2D eigenvalue weighted by Gasteiger charge is -2.23. The number of amides is 1. The van der Waals surface area contributed by atoms with Crippen LogP contribution in [0.4, 0.5) is 0 Å². The van der Waals surface area contributed by atoms with Crippen LogP contribution in [0.25, 0.3) is 0 Å². The number of methoxy groups -OCH3 is 2. The third-order valence-electron chi connectivity index (χ3n) is 2.85. The third-order valence-corrected chi connectivity index (χ3v) is 3.98. The van der Waals surface area contributed by atoms with Gasteiger partial charge in [0.25, 0.3) is 0 Å². The first-order valence-corrected chi connectivity index (χ1v) is 7.47. The molecule has 1 aliphatic heterocycles. The van der Waals surface area contributed by atoms with Gasteiger partial charge in [0.05, 0.1) is 20.6 Å². The molecule has 0 spiro atoms. The maximum absolute atomic E-state index is 11.9. The Kier molecular flexibility index (Phi) is 10.2. The number of ether oxygens (including phenoxy) is 2. The van der Waals surface area contributed by atoms with Crippen molar-refractivity contribution in [2.45, 2.75) is 24.9 Å². The number of halogens is 1. The summed E-state index contributed by atoms with van der Waals surface area (Å²) in [6, 6.07) is -0.915. The van der Waals surface area contributed by atoms with Crippen molar-refractivity contribution in [3.8, 4) is 0 Å². The zero-order valence-electron chi connectivity index (χ0n) is 12.0. The van der Waals surface area contributed by atoms with E-state index in [1.807, 2.05) is 0 Å². The Bertz CT molecular complexity index is 364. The summed E-state index contributed by atoms with van der Waals surface area (Å²) < 4.78 is 9.06. The smallest absolute Gasteiger partial charge is 0.328 e. The fraction of sp³-hybridized carbons (Fsp3) is 0.750. The minimum absolute atomic E-state index is 0. The van der Waals surface area contributed by atoms with Crippen LogP contribution in [0.15, 0.2) is 0 Å². The van der Waals surface area contributed by atoms with Gasteiger partial charge in [0.15, 0.2) is 0 Å². The molecule has 9 heteroatoms. The van der Waals surface area contributed by atoms with Crippen molar-refractivity contribution in [3.63, 3.8) is 0 Å². The second-order valence-corrected chi connectivity index (χ2v) is 5.50. The van der Waals surface area contributed by atoms with E-state index in [0.717, 1.165) is 18.1 Å². The van der Waals surface area contributed by atoms with Crippen molar-refractivity contribution in [1.29, 1.82) is 0 Å². The summed E-state index contributed by atoms with van der Waals surface area (Å²) >= 11 is 1.78. The normalized spacial score (nSPS) is 18.9. The van der Waals surface area contributed by atoms with Gasteiger partial charge in [0.1, 0.15) is 6.04 Å². The number of esters is 2. The van der Waals surface area contributed by atoms with Crippen LogP contribution in [0.1, 0.15) is 12.8 Å². The summed E-state index contributed by atoms with van der Waals surface area (Å²) in [5, 5.41) is 5.75. The highest BCUT2D eigenvalue weighted by Crippen LogP contribution is 2.10. The molecule has 2 unspecified atom stereocenters. The Morgan fingerprint density at radius 2 is 2.05 bits per heavy atom. The number of nitrogens with one attached hydrogen (secondary N) is 2. The summed E-state index contributed by atoms with van der Waals surface area (Å²) in [6.45, 7) is 0.866. The van der Waals surface area contributed by atoms with E-state index in [1.54, 1.807) is 11.8 Å². The van der Waals surface area contributed by atoms with Crippen molar-refractivity contribution in [1.82, 2.24) is 10.6 Å².